The number of hydrogen-bond acceptors (Lipinski definition) is 2. The number of rotatable bonds is 6. The second kappa shape index (κ2) is 9.49. The molecule has 1 heterocycles. The predicted octanol–water partition coefficient (Wildman–Crippen LogP) is 5.70. The van der Waals surface area contributed by atoms with E-state index in [1.54, 1.807) is 6.20 Å². The summed E-state index contributed by atoms with van der Waals surface area (Å²) in [6.07, 6.45) is 4.65. The van der Waals surface area contributed by atoms with E-state index < -0.39 is 0 Å². The molecule has 3 aromatic rings. The fraction of sp³-hybridized carbons (Fsp3) is 0.182. The largest absolute Gasteiger partial charge is 0.340 e. The van der Waals surface area contributed by atoms with Gasteiger partial charge in [-0.3, -0.25) is 4.98 Å². The van der Waals surface area contributed by atoms with Crippen molar-refractivity contribution in [3.05, 3.63) is 94.8 Å². The molecule has 0 saturated heterocycles. The molecule has 3 rings (SSSR count). The van der Waals surface area contributed by atoms with Crippen molar-refractivity contribution < 1.29 is 0 Å². The predicted molar refractivity (Wildman–Crippen MR) is 117 cm³/mol. The van der Waals surface area contributed by atoms with Gasteiger partial charge in [0.05, 0.1) is 0 Å². The minimum Gasteiger partial charge on any atom is -0.340 e. The molecule has 5 heteroatoms. The van der Waals surface area contributed by atoms with Gasteiger partial charge in [0.2, 0.25) is 0 Å². The third-order valence-corrected chi connectivity index (χ3v) is 5.04. The van der Waals surface area contributed by atoms with Gasteiger partial charge in [-0.1, -0.05) is 54.9 Å². The molecule has 0 bridgehead atoms. The fourth-order valence-corrected chi connectivity index (χ4v) is 3.21. The van der Waals surface area contributed by atoms with Crippen LogP contribution in [0.2, 0.25) is 5.02 Å². The second-order valence-electron chi connectivity index (χ2n) is 6.29. The van der Waals surface area contributed by atoms with Gasteiger partial charge in [0.1, 0.15) is 0 Å². The fourth-order valence-electron chi connectivity index (χ4n) is 2.77. The van der Waals surface area contributed by atoms with Gasteiger partial charge in [0.15, 0.2) is 5.11 Å². The van der Waals surface area contributed by atoms with E-state index in [0.29, 0.717) is 18.2 Å². The highest BCUT2D eigenvalue weighted by atomic mass is 35.5. The Morgan fingerprint density at radius 3 is 2.44 bits per heavy atom. The summed E-state index contributed by atoms with van der Waals surface area (Å²) in [5.74, 6) is 0. The molecule has 2 aromatic carbocycles. The Kier molecular flexibility index (Phi) is 6.80. The Hall–Kier alpha value is -2.43. The molecule has 1 N–H and O–H groups in total. The number of nitrogens with zero attached hydrogens (tertiary/aromatic N) is 2. The van der Waals surface area contributed by atoms with Crippen molar-refractivity contribution in [3.63, 3.8) is 0 Å². The van der Waals surface area contributed by atoms with Crippen molar-refractivity contribution in [1.29, 1.82) is 0 Å². The third kappa shape index (κ3) is 5.52. The second-order valence-corrected chi connectivity index (χ2v) is 7.08. The molecule has 0 radical (unpaired) electrons. The highest BCUT2D eigenvalue weighted by Gasteiger charge is 2.13. The number of pyridine rings is 1. The van der Waals surface area contributed by atoms with Gasteiger partial charge in [0, 0.05) is 36.2 Å². The maximum absolute atomic E-state index is 6.37. The van der Waals surface area contributed by atoms with Crippen molar-refractivity contribution in [1.82, 2.24) is 9.88 Å². The molecule has 0 saturated carbocycles. The summed E-state index contributed by atoms with van der Waals surface area (Å²) >= 11 is 12.1. The molecule has 0 unspecified atom stereocenters. The van der Waals surface area contributed by atoms with Crippen LogP contribution in [0.5, 0.6) is 0 Å². The van der Waals surface area contributed by atoms with Crippen molar-refractivity contribution in [2.24, 2.45) is 0 Å². The van der Waals surface area contributed by atoms with Crippen molar-refractivity contribution in [3.8, 4) is 0 Å². The van der Waals surface area contributed by atoms with Crippen LogP contribution in [0.25, 0.3) is 0 Å². The Balaban J connectivity index is 1.79. The molecule has 138 valence electrons. The Labute approximate surface area is 171 Å². The van der Waals surface area contributed by atoms with Gasteiger partial charge in [0.25, 0.3) is 0 Å². The van der Waals surface area contributed by atoms with E-state index in [1.807, 2.05) is 42.6 Å². The van der Waals surface area contributed by atoms with Crippen LogP contribution in [0.4, 0.5) is 5.69 Å². The quantitative estimate of drug-likeness (QED) is 0.542. The van der Waals surface area contributed by atoms with E-state index in [1.165, 1.54) is 5.56 Å². The van der Waals surface area contributed by atoms with Gasteiger partial charge >= 0.3 is 0 Å². The maximum atomic E-state index is 6.37. The molecule has 0 aliphatic carbocycles. The normalized spacial score (nSPS) is 10.4. The van der Waals surface area contributed by atoms with E-state index in [4.69, 9.17) is 23.8 Å². The van der Waals surface area contributed by atoms with Gasteiger partial charge in [-0.15, -0.1) is 0 Å². The van der Waals surface area contributed by atoms with Crippen LogP contribution in [0.15, 0.2) is 73.1 Å². The minimum absolute atomic E-state index is 0.618. The van der Waals surface area contributed by atoms with E-state index in [9.17, 15) is 0 Å². The Morgan fingerprint density at radius 2 is 1.78 bits per heavy atom. The first-order valence-electron chi connectivity index (χ1n) is 8.93. The molecule has 0 spiro atoms. The molecule has 0 fully saturated rings. The number of aromatic nitrogens is 1. The summed E-state index contributed by atoms with van der Waals surface area (Å²) in [6, 6.07) is 20.2. The minimum atomic E-state index is 0.618. The lowest BCUT2D eigenvalue weighted by Crippen LogP contribution is -2.34. The van der Waals surface area contributed by atoms with Crippen LogP contribution in [-0.4, -0.2) is 15.0 Å². The maximum Gasteiger partial charge on any atom is 0.174 e. The SMILES string of the molecule is CCc1ccc(NC(=S)N(Cc2cccnc2)Cc2ccccc2Cl)cc1. The lowest BCUT2D eigenvalue weighted by atomic mass is 10.1. The lowest BCUT2D eigenvalue weighted by Gasteiger charge is -2.26. The zero-order valence-electron chi connectivity index (χ0n) is 15.2. The van der Waals surface area contributed by atoms with E-state index in [2.05, 4.69) is 46.4 Å². The van der Waals surface area contributed by atoms with Crippen LogP contribution in [0, 0.1) is 0 Å². The van der Waals surface area contributed by atoms with E-state index >= 15 is 0 Å². The van der Waals surface area contributed by atoms with Gasteiger partial charge < -0.3 is 10.2 Å². The van der Waals surface area contributed by atoms with Gasteiger partial charge in [-0.05, 0) is 59.6 Å². The monoisotopic (exact) mass is 395 g/mol. The van der Waals surface area contributed by atoms with Crippen LogP contribution < -0.4 is 5.32 Å². The van der Waals surface area contributed by atoms with Crippen molar-refractivity contribution in [2.45, 2.75) is 26.4 Å². The molecule has 1 aromatic heterocycles. The number of thiocarbonyl (C=S) groups is 1. The average molecular weight is 396 g/mol. The Morgan fingerprint density at radius 1 is 1.00 bits per heavy atom. The topological polar surface area (TPSA) is 28.2 Å². The van der Waals surface area contributed by atoms with Gasteiger partial charge in [-0.25, -0.2) is 0 Å². The number of benzene rings is 2. The molecular formula is C22H22ClN3S. The standard InChI is InChI=1S/C22H22ClN3S/c1-2-17-9-11-20(12-10-17)25-22(27)26(15-18-6-5-13-24-14-18)16-19-7-3-4-8-21(19)23/h3-14H,2,15-16H2,1H3,(H,25,27). The molecule has 0 aliphatic rings. The summed E-state index contributed by atoms with van der Waals surface area (Å²) < 4.78 is 0. The number of aryl methyl sites for hydroxylation is 1. The van der Waals surface area contributed by atoms with Crippen LogP contribution in [0.3, 0.4) is 0 Å². The summed E-state index contributed by atoms with van der Waals surface area (Å²) in [5, 5.41) is 4.74. The first-order chi connectivity index (χ1) is 13.2. The number of hydrogen-bond donors (Lipinski definition) is 1. The zero-order chi connectivity index (χ0) is 19.1. The van der Waals surface area contributed by atoms with Crippen molar-refractivity contribution in [2.75, 3.05) is 5.32 Å². The molecule has 27 heavy (non-hydrogen) atoms. The van der Waals surface area contributed by atoms with Crippen LogP contribution in [0.1, 0.15) is 23.6 Å². The first kappa shape index (κ1) is 19.3. The molecule has 0 atom stereocenters. The summed E-state index contributed by atoms with van der Waals surface area (Å²) in [4.78, 5) is 6.31. The summed E-state index contributed by atoms with van der Waals surface area (Å²) in [6.45, 7) is 3.41. The van der Waals surface area contributed by atoms with Gasteiger partial charge in [-0.2, -0.15) is 0 Å². The summed E-state index contributed by atoms with van der Waals surface area (Å²) in [5.41, 5.74) is 4.41. The molecular weight excluding hydrogens is 374 g/mol. The van der Waals surface area contributed by atoms with E-state index in [0.717, 1.165) is 28.3 Å². The molecule has 0 amide bonds. The van der Waals surface area contributed by atoms with Crippen molar-refractivity contribution >= 4 is 34.6 Å². The summed E-state index contributed by atoms with van der Waals surface area (Å²) in [7, 11) is 0. The lowest BCUT2D eigenvalue weighted by molar-refractivity contribution is 0.412. The number of halogens is 1. The number of anilines is 1. The molecule has 0 aliphatic heterocycles. The molecule has 3 nitrogen and oxygen atoms in total. The Bertz CT molecular complexity index is 882. The number of nitrogens with one attached hydrogen (secondary N) is 1. The smallest absolute Gasteiger partial charge is 0.174 e. The highest BCUT2D eigenvalue weighted by molar-refractivity contribution is 7.80. The third-order valence-electron chi connectivity index (χ3n) is 4.32. The average Bonchev–Trinajstić information content (AvgIpc) is 2.70. The van der Waals surface area contributed by atoms with E-state index in [-0.39, 0.29) is 0 Å². The van der Waals surface area contributed by atoms with Crippen LogP contribution >= 0.6 is 23.8 Å². The first-order valence-corrected chi connectivity index (χ1v) is 9.71. The van der Waals surface area contributed by atoms with Crippen LogP contribution in [-0.2, 0) is 19.5 Å². The zero-order valence-corrected chi connectivity index (χ0v) is 16.8. The highest BCUT2D eigenvalue weighted by Crippen LogP contribution is 2.20.